The zero-order valence-corrected chi connectivity index (χ0v) is 18.3. The number of hydrogen-bond acceptors (Lipinski definition) is 4. The number of para-hydroxylation sites is 2. The number of carbonyl (C=O) groups excluding carboxylic acids is 2. The van der Waals surface area contributed by atoms with Crippen LogP contribution < -0.4 is 20.1 Å². The summed E-state index contributed by atoms with van der Waals surface area (Å²) in [4.78, 5) is 25.2. The van der Waals surface area contributed by atoms with Crippen molar-refractivity contribution in [2.24, 2.45) is 0 Å². The van der Waals surface area contributed by atoms with E-state index in [2.05, 4.69) is 10.6 Å². The van der Waals surface area contributed by atoms with Crippen LogP contribution in [-0.4, -0.2) is 31.1 Å². The number of rotatable bonds is 10. The molecule has 0 saturated heterocycles. The molecule has 0 saturated carbocycles. The molecule has 3 rings (SSSR count). The molecule has 0 fully saturated rings. The predicted molar refractivity (Wildman–Crippen MR) is 125 cm³/mol. The first-order valence-corrected chi connectivity index (χ1v) is 10.7. The molecule has 2 N–H and O–H groups in total. The Hall–Kier alpha value is -3.80. The highest BCUT2D eigenvalue weighted by Gasteiger charge is 2.14. The molecule has 1 unspecified atom stereocenters. The van der Waals surface area contributed by atoms with Crippen molar-refractivity contribution in [3.8, 4) is 11.5 Å². The fourth-order valence-corrected chi connectivity index (χ4v) is 2.95. The topological polar surface area (TPSA) is 76.7 Å². The second kappa shape index (κ2) is 11.6. The van der Waals surface area contributed by atoms with E-state index in [0.717, 1.165) is 12.2 Å². The molecule has 0 bridgehead atoms. The van der Waals surface area contributed by atoms with Gasteiger partial charge in [-0.1, -0.05) is 43.3 Å². The minimum atomic E-state index is -0.316. The number of hydrogen-bond donors (Lipinski definition) is 2. The molecule has 2 amide bonds. The fourth-order valence-electron chi connectivity index (χ4n) is 2.95. The third-order valence-corrected chi connectivity index (χ3v) is 4.86. The first kappa shape index (κ1) is 22.9. The summed E-state index contributed by atoms with van der Waals surface area (Å²) in [5.74, 6) is 0.744. The van der Waals surface area contributed by atoms with Gasteiger partial charge < -0.3 is 20.1 Å². The molecule has 0 aliphatic rings. The Morgan fingerprint density at radius 1 is 0.844 bits per heavy atom. The van der Waals surface area contributed by atoms with Crippen LogP contribution in [0.1, 0.15) is 41.0 Å². The Morgan fingerprint density at radius 2 is 1.56 bits per heavy atom. The minimum Gasteiger partial charge on any atom is -0.490 e. The molecule has 0 heterocycles. The van der Waals surface area contributed by atoms with Crippen molar-refractivity contribution in [1.29, 1.82) is 0 Å². The van der Waals surface area contributed by atoms with Gasteiger partial charge in [0.2, 0.25) is 0 Å². The van der Waals surface area contributed by atoms with Crippen molar-refractivity contribution in [3.05, 3.63) is 90.0 Å². The maximum atomic E-state index is 12.9. The average molecular weight is 433 g/mol. The zero-order valence-electron chi connectivity index (χ0n) is 18.3. The number of benzene rings is 3. The molecule has 3 aromatic rings. The highest BCUT2D eigenvalue weighted by atomic mass is 16.5. The summed E-state index contributed by atoms with van der Waals surface area (Å²) in [5.41, 5.74) is 1.43. The van der Waals surface area contributed by atoms with E-state index in [1.54, 1.807) is 42.5 Å². The highest BCUT2D eigenvalue weighted by Crippen LogP contribution is 2.20. The van der Waals surface area contributed by atoms with E-state index in [1.165, 1.54) is 0 Å². The van der Waals surface area contributed by atoms with Gasteiger partial charge in [-0.3, -0.25) is 9.59 Å². The van der Waals surface area contributed by atoms with Crippen LogP contribution in [0, 0.1) is 0 Å². The summed E-state index contributed by atoms with van der Waals surface area (Å²) in [6.07, 6.45) is 0.843. The molecular weight excluding hydrogens is 404 g/mol. The lowest BCUT2D eigenvalue weighted by Crippen LogP contribution is -2.31. The van der Waals surface area contributed by atoms with Crippen molar-refractivity contribution in [2.45, 2.75) is 26.3 Å². The lowest BCUT2D eigenvalue weighted by atomic mass is 10.1. The Kier molecular flexibility index (Phi) is 8.26. The van der Waals surface area contributed by atoms with Gasteiger partial charge in [0.25, 0.3) is 11.8 Å². The van der Waals surface area contributed by atoms with Crippen LogP contribution in [0.4, 0.5) is 5.69 Å². The zero-order chi connectivity index (χ0) is 22.8. The monoisotopic (exact) mass is 432 g/mol. The average Bonchev–Trinajstić information content (AvgIpc) is 2.82. The molecule has 6 nitrogen and oxygen atoms in total. The van der Waals surface area contributed by atoms with Crippen LogP contribution in [0.3, 0.4) is 0 Å². The van der Waals surface area contributed by atoms with E-state index in [4.69, 9.17) is 9.47 Å². The highest BCUT2D eigenvalue weighted by molar-refractivity contribution is 6.06. The molecule has 166 valence electrons. The molecule has 0 radical (unpaired) electrons. The van der Waals surface area contributed by atoms with Gasteiger partial charge in [0.1, 0.15) is 24.7 Å². The summed E-state index contributed by atoms with van der Waals surface area (Å²) in [5, 5.41) is 5.77. The second-order valence-corrected chi connectivity index (χ2v) is 7.32. The summed E-state index contributed by atoms with van der Waals surface area (Å²) in [6, 6.07) is 23.4. The summed E-state index contributed by atoms with van der Waals surface area (Å²) >= 11 is 0. The van der Waals surface area contributed by atoms with Crippen molar-refractivity contribution in [2.75, 3.05) is 18.5 Å². The van der Waals surface area contributed by atoms with Gasteiger partial charge in [-0.15, -0.1) is 0 Å². The predicted octanol–water partition coefficient (Wildman–Crippen LogP) is 4.93. The molecule has 0 aliphatic heterocycles. The van der Waals surface area contributed by atoms with Crippen molar-refractivity contribution in [1.82, 2.24) is 5.32 Å². The third-order valence-electron chi connectivity index (χ3n) is 4.86. The van der Waals surface area contributed by atoms with Crippen LogP contribution in [0.15, 0.2) is 78.9 Å². The maximum absolute atomic E-state index is 12.9. The van der Waals surface area contributed by atoms with Crippen LogP contribution in [0.5, 0.6) is 11.5 Å². The molecular formula is C26H28N2O4. The minimum absolute atomic E-state index is 0.0793. The molecule has 32 heavy (non-hydrogen) atoms. The van der Waals surface area contributed by atoms with Crippen LogP contribution in [-0.2, 0) is 0 Å². The van der Waals surface area contributed by atoms with Crippen molar-refractivity contribution >= 4 is 17.5 Å². The van der Waals surface area contributed by atoms with Gasteiger partial charge in [0, 0.05) is 17.3 Å². The number of carbonyl (C=O) groups is 2. The van der Waals surface area contributed by atoms with Gasteiger partial charge >= 0.3 is 0 Å². The fraction of sp³-hybridized carbons (Fsp3) is 0.231. The quantitative estimate of drug-likeness (QED) is 0.446. The lowest BCUT2D eigenvalue weighted by Gasteiger charge is -2.14. The number of amides is 2. The van der Waals surface area contributed by atoms with E-state index < -0.39 is 0 Å². The van der Waals surface area contributed by atoms with Gasteiger partial charge in [0.15, 0.2) is 0 Å². The standard InChI is InChI=1S/C26H28N2O4/c1-3-19(2)27-25(29)20-10-9-11-21(18-20)28-26(30)23-14-7-8-15-24(23)32-17-16-31-22-12-5-4-6-13-22/h4-15,18-19H,3,16-17H2,1-2H3,(H,27,29)(H,28,30). The Morgan fingerprint density at radius 3 is 2.34 bits per heavy atom. The van der Waals surface area contributed by atoms with E-state index in [-0.39, 0.29) is 17.9 Å². The summed E-state index contributed by atoms with van der Waals surface area (Å²) in [7, 11) is 0. The van der Waals surface area contributed by atoms with Crippen molar-refractivity contribution < 1.29 is 19.1 Å². The maximum Gasteiger partial charge on any atom is 0.259 e. The third kappa shape index (κ3) is 6.60. The van der Waals surface area contributed by atoms with Gasteiger partial charge in [-0.2, -0.15) is 0 Å². The molecule has 6 heteroatoms. The van der Waals surface area contributed by atoms with E-state index in [0.29, 0.717) is 35.8 Å². The largest absolute Gasteiger partial charge is 0.490 e. The second-order valence-electron chi connectivity index (χ2n) is 7.32. The lowest BCUT2D eigenvalue weighted by molar-refractivity contribution is 0.0938. The van der Waals surface area contributed by atoms with Gasteiger partial charge in [0.05, 0.1) is 5.56 Å². The molecule has 1 atom stereocenters. The summed E-state index contributed by atoms with van der Waals surface area (Å²) in [6.45, 7) is 4.61. The SMILES string of the molecule is CCC(C)NC(=O)c1cccc(NC(=O)c2ccccc2OCCOc2ccccc2)c1. The van der Waals surface area contributed by atoms with Crippen LogP contribution in [0.2, 0.25) is 0 Å². The molecule has 0 aromatic heterocycles. The number of anilines is 1. The Labute approximate surface area is 188 Å². The first-order valence-electron chi connectivity index (χ1n) is 10.7. The number of ether oxygens (including phenoxy) is 2. The summed E-state index contributed by atoms with van der Waals surface area (Å²) < 4.78 is 11.4. The number of nitrogens with one attached hydrogen (secondary N) is 2. The molecule has 0 aliphatic carbocycles. The smallest absolute Gasteiger partial charge is 0.259 e. The van der Waals surface area contributed by atoms with Crippen molar-refractivity contribution in [3.63, 3.8) is 0 Å². The van der Waals surface area contributed by atoms with Crippen LogP contribution in [0.25, 0.3) is 0 Å². The van der Waals surface area contributed by atoms with Gasteiger partial charge in [-0.05, 0) is 55.8 Å². The molecule has 0 spiro atoms. The van der Waals surface area contributed by atoms with Crippen LogP contribution >= 0.6 is 0 Å². The first-order chi connectivity index (χ1) is 15.6. The van der Waals surface area contributed by atoms with E-state index >= 15 is 0 Å². The van der Waals surface area contributed by atoms with E-state index in [9.17, 15) is 9.59 Å². The normalized spacial score (nSPS) is 11.3. The van der Waals surface area contributed by atoms with Gasteiger partial charge in [-0.25, -0.2) is 0 Å². The van der Waals surface area contributed by atoms with E-state index in [1.807, 2.05) is 50.2 Å². The Balaban J connectivity index is 1.61. The molecule has 3 aromatic carbocycles. The Bertz CT molecular complexity index is 1040.